The summed E-state index contributed by atoms with van der Waals surface area (Å²) >= 11 is 0. The fraction of sp³-hybridized carbons (Fsp3) is 0.200. The number of hydrogen-bond donors (Lipinski definition) is 2. The van der Waals surface area contributed by atoms with Crippen LogP contribution in [0.3, 0.4) is 0 Å². The van der Waals surface area contributed by atoms with E-state index in [1.165, 1.54) is 0 Å². The van der Waals surface area contributed by atoms with Crippen molar-refractivity contribution in [1.29, 1.82) is 0 Å². The molecule has 3 aromatic rings. The molecule has 0 saturated heterocycles. The summed E-state index contributed by atoms with van der Waals surface area (Å²) in [5.41, 5.74) is 3.25. The number of carbonyl (C=O) groups excluding carboxylic acids is 2. The molecule has 7 heteroatoms. The minimum atomic E-state index is -0.554. The Bertz CT molecular complexity index is 1210. The summed E-state index contributed by atoms with van der Waals surface area (Å²) in [6.45, 7) is 1.86. The van der Waals surface area contributed by atoms with Crippen LogP contribution in [-0.2, 0) is 9.59 Å². The van der Waals surface area contributed by atoms with Crippen LogP contribution in [-0.4, -0.2) is 21.7 Å². The predicted octanol–water partition coefficient (Wildman–Crippen LogP) is 4.07. The topological polar surface area (TPSA) is 97.1 Å². The molecule has 0 unspecified atom stereocenters. The molecule has 2 atom stereocenters. The first kappa shape index (κ1) is 19.9. The normalized spacial score (nSPS) is 20.6. The van der Waals surface area contributed by atoms with Gasteiger partial charge in [-0.2, -0.15) is 0 Å². The highest BCUT2D eigenvalue weighted by Crippen LogP contribution is 2.45. The number of aromatic nitrogens is 2. The molecule has 3 aromatic heterocycles. The van der Waals surface area contributed by atoms with Gasteiger partial charge in [0.1, 0.15) is 11.6 Å². The first-order chi connectivity index (χ1) is 15.6. The van der Waals surface area contributed by atoms with Gasteiger partial charge < -0.3 is 15.1 Å². The monoisotopic (exact) mass is 426 g/mol. The van der Waals surface area contributed by atoms with Gasteiger partial charge in [-0.15, -0.1) is 0 Å². The van der Waals surface area contributed by atoms with Crippen molar-refractivity contribution in [2.24, 2.45) is 0 Å². The van der Waals surface area contributed by atoms with Crippen LogP contribution in [0.5, 0.6) is 0 Å². The van der Waals surface area contributed by atoms with Gasteiger partial charge >= 0.3 is 0 Å². The van der Waals surface area contributed by atoms with Crippen LogP contribution in [0.15, 0.2) is 94.1 Å². The summed E-state index contributed by atoms with van der Waals surface area (Å²) in [6.07, 6.45) is 5.88. The molecule has 0 spiro atoms. The number of carbonyl (C=O) groups is 2. The molecule has 32 heavy (non-hydrogen) atoms. The minimum absolute atomic E-state index is 0.00793. The first-order valence-electron chi connectivity index (χ1n) is 10.5. The van der Waals surface area contributed by atoms with Crippen molar-refractivity contribution in [3.05, 3.63) is 101 Å². The number of anilines is 1. The molecule has 4 heterocycles. The molecule has 0 fully saturated rings. The fourth-order valence-corrected chi connectivity index (χ4v) is 4.53. The number of amides is 1. The van der Waals surface area contributed by atoms with Gasteiger partial charge in [0.2, 0.25) is 0 Å². The number of nitrogens with zero attached hydrogens (tertiary/aromatic N) is 2. The molecule has 7 nitrogen and oxygen atoms in total. The summed E-state index contributed by atoms with van der Waals surface area (Å²) in [4.78, 5) is 35.5. The SMILES string of the molecule is CC1=C(C(=O)Nc2ccccn2)[C@@H](c2ccccn2)C2=C(C[C@H](c3ccco3)CC2=O)N1. The lowest BCUT2D eigenvalue weighted by Gasteiger charge is -2.36. The van der Waals surface area contributed by atoms with Gasteiger partial charge in [-0.05, 0) is 49.7 Å². The molecular formula is C25H22N4O3. The third kappa shape index (κ3) is 3.62. The van der Waals surface area contributed by atoms with Crippen LogP contribution in [0.4, 0.5) is 5.82 Å². The maximum Gasteiger partial charge on any atom is 0.255 e. The fourth-order valence-electron chi connectivity index (χ4n) is 4.53. The Kier molecular flexibility index (Phi) is 5.15. The van der Waals surface area contributed by atoms with Crippen LogP contribution in [0.1, 0.15) is 43.1 Å². The third-order valence-corrected chi connectivity index (χ3v) is 5.91. The molecule has 2 aliphatic rings. The first-order valence-corrected chi connectivity index (χ1v) is 10.5. The average molecular weight is 426 g/mol. The van der Waals surface area contributed by atoms with Gasteiger partial charge in [0, 0.05) is 47.3 Å². The second-order valence-electron chi connectivity index (χ2n) is 7.96. The summed E-state index contributed by atoms with van der Waals surface area (Å²) in [6, 6.07) is 14.6. The molecule has 1 aliphatic heterocycles. The standard InChI is InChI=1S/C25H22N4O3/c1-15-22(25(31)29-21-9-3-5-11-27-21)24(17-7-2-4-10-26-17)23-18(28-15)13-16(14-19(23)30)20-8-6-12-32-20/h2-12,16,24,28H,13-14H2,1H3,(H,27,29,31)/t16-,24+/m0/s1. The Labute approximate surface area is 185 Å². The Morgan fingerprint density at radius 3 is 2.56 bits per heavy atom. The van der Waals surface area contributed by atoms with E-state index in [4.69, 9.17) is 4.42 Å². The predicted molar refractivity (Wildman–Crippen MR) is 118 cm³/mol. The van der Waals surface area contributed by atoms with Crippen molar-refractivity contribution in [3.63, 3.8) is 0 Å². The molecule has 0 aromatic carbocycles. The molecule has 0 bridgehead atoms. The van der Waals surface area contributed by atoms with E-state index in [2.05, 4.69) is 20.6 Å². The largest absolute Gasteiger partial charge is 0.469 e. The van der Waals surface area contributed by atoms with Crippen molar-refractivity contribution in [1.82, 2.24) is 15.3 Å². The third-order valence-electron chi connectivity index (χ3n) is 5.91. The molecule has 160 valence electrons. The van der Waals surface area contributed by atoms with Crippen LogP contribution in [0, 0.1) is 0 Å². The molecule has 0 saturated carbocycles. The molecular weight excluding hydrogens is 404 g/mol. The lowest BCUT2D eigenvalue weighted by Crippen LogP contribution is -2.37. The van der Waals surface area contributed by atoms with Crippen LogP contribution >= 0.6 is 0 Å². The van der Waals surface area contributed by atoms with E-state index in [9.17, 15) is 9.59 Å². The van der Waals surface area contributed by atoms with Crippen LogP contribution in [0.2, 0.25) is 0 Å². The number of Topliss-reactive ketones (excluding diaryl/α,β-unsaturated/α-hetero) is 1. The van der Waals surface area contributed by atoms with Gasteiger partial charge in [-0.3, -0.25) is 14.6 Å². The van der Waals surface area contributed by atoms with E-state index in [0.29, 0.717) is 41.2 Å². The van der Waals surface area contributed by atoms with Gasteiger partial charge in [0.05, 0.1) is 17.9 Å². The van der Waals surface area contributed by atoms with Gasteiger partial charge in [0.15, 0.2) is 5.78 Å². The van der Waals surface area contributed by atoms with Gasteiger partial charge in [0.25, 0.3) is 5.91 Å². The summed E-state index contributed by atoms with van der Waals surface area (Å²) in [5, 5.41) is 6.20. The minimum Gasteiger partial charge on any atom is -0.469 e. The van der Waals surface area contributed by atoms with Gasteiger partial charge in [-0.25, -0.2) is 4.98 Å². The molecule has 0 radical (unpaired) electrons. The van der Waals surface area contributed by atoms with Crippen molar-refractivity contribution in [2.45, 2.75) is 31.6 Å². The number of furan rings is 1. The van der Waals surface area contributed by atoms with E-state index < -0.39 is 5.92 Å². The average Bonchev–Trinajstić information content (AvgIpc) is 3.34. The van der Waals surface area contributed by atoms with Crippen molar-refractivity contribution < 1.29 is 14.0 Å². The van der Waals surface area contributed by atoms with Crippen LogP contribution in [0.25, 0.3) is 0 Å². The number of allylic oxidation sites excluding steroid dienone is 3. The van der Waals surface area contributed by atoms with Crippen molar-refractivity contribution >= 4 is 17.5 Å². The van der Waals surface area contributed by atoms with E-state index in [-0.39, 0.29) is 17.6 Å². The zero-order valence-electron chi connectivity index (χ0n) is 17.5. The van der Waals surface area contributed by atoms with E-state index in [1.54, 1.807) is 36.9 Å². The maximum absolute atomic E-state index is 13.4. The molecule has 1 aliphatic carbocycles. The number of rotatable bonds is 4. The number of pyridine rings is 2. The Balaban J connectivity index is 1.56. The highest BCUT2D eigenvalue weighted by molar-refractivity contribution is 6.09. The Hall–Kier alpha value is -4.00. The lowest BCUT2D eigenvalue weighted by atomic mass is 9.73. The van der Waals surface area contributed by atoms with Crippen molar-refractivity contribution in [3.8, 4) is 0 Å². The molecule has 2 N–H and O–H groups in total. The lowest BCUT2D eigenvalue weighted by molar-refractivity contribution is -0.116. The Morgan fingerprint density at radius 2 is 1.88 bits per heavy atom. The summed E-state index contributed by atoms with van der Waals surface area (Å²) in [7, 11) is 0. The van der Waals surface area contributed by atoms with E-state index >= 15 is 0 Å². The highest BCUT2D eigenvalue weighted by atomic mass is 16.3. The molecule has 1 amide bonds. The maximum atomic E-state index is 13.4. The smallest absolute Gasteiger partial charge is 0.255 e. The van der Waals surface area contributed by atoms with E-state index in [0.717, 1.165) is 11.5 Å². The zero-order valence-corrected chi connectivity index (χ0v) is 17.5. The number of hydrogen-bond acceptors (Lipinski definition) is 6. The summed E-state index contributed by atoms with van der Waals surface area (Å²) < 4.78 is 5.57. The number of ketones is 1. The Morgan fingerprint density at radius 1 is 1.06 bits per heavy atom. The molecule has 5 rings (SSSR count). The second-order valence-corrected chi connectivity index (χ2v) is 7.96. The van der Waals surface area contributed by atoms with Gasteiger partial charge in [-0.1, -0.05) is 12.1 Å². The van der Waals surface area contributed by atoms with E-state index in [1.807, 2.05) is 37.3 Å². The zero-order chi connectivity index (χ0) is 22.1. The van der Waals surface area contributed by atoms with Crippen molar-refractivity contribution in [2.75, 3.05) is 5.32 Å². The summed E-state index contributed by atoms with van der Waals surface area (Å²) in [5.74, 6) is 0.334. The number of nitrogens with one attached hydrogen (secondary N) is 2. The quantitative estimate of drug-likeness (QED) is 0.653. The highest BCUT2D eigenvalue weighted by Gasteiger charge is 2.42. The van der Waals surface area contributed by atoms with Crippen LogP contribution < -0.4 is 10.6 Å². The number of dihydropyridines is 1. The second kappa shape index (κ2) is 8.26.